The number of aromatic nitrogens is 2. The number of aliphatic hydroxyl groups excluding tert-OH is 1. The molecule has 0 saturated carbocycles. The number of aliphatic hydroxyl groups is 1. The van der Waals surface area contributed by atoms with Crippen molar-refractivity contribution in [3.05, 3.63) is 65.9 Å². The van der Waals surface area contributed by atoms with Crippen LogP contribution in [0.1, 0.15) is 44.9 Å². The Bertz CT molecular complexity index is 1000. The van der Waals surface area contributed by atoms with Crippen molar-refractivity contribution in [2.24, 2.45) is 5.92 Å². The van der Waals surface area contributed by atoms with Crippen LogP contribution in [0.5, 0.6) is 17.4 Å². The van der Waals surface area contributed by atoms with Gasteiger partial charge in [-0.3, -0.25) is 4.90 Å². The lowest BCUT2D eigenvalue weighted by atomic mass is 10.1. The van der Waals surface area contributed by atoms with Crippen molar-refractivity contribution in [1.82, 2.24) is 14.7 Å². The summed E-state index contributed by atoms with van der Waals surface area (Å²) in [5, 5.41) is 15.4. The van der Waals surface area contributed by atoms with Crippen LogP contribution in [0.15, 0.2) is 54.6 Å². The van der Waals surface area contributed by atoms with E-state index in [4.69, 9.17) is 14.6 Å². The fourth-order valence-electron chi connectivity index (χ4n) is 4.04. The first kappa shape index (κ1) is 24.8. The highest BCUT2D eigenvalue weighted by molar-refractivity contribution is 5.47. The fourth-order valence-corrected chi connectivity index (χ4v) is 4.04. The van der Waals surface area contributed by atoms with Gasteiger partial charge in [0.2, 0.25) is 5.88 Å². The fraction of sp³-hybridized carbons (Fsp3) is 0.444. The van der Waals surface area contributed by atoms with Crippen LogP contribution in [-0.4, -0.2) is 46.1 Å². The molecule has 0 fully saturated rings. The van der Waals surface area contributed by atoms with Crippen molar-refractivity contribution in [2.75, 3.05) is 20.2 Å². The molecule has 0 bridgehead atoms. The Balaban J connectivity index is 2.03. The van der Waals surface area contributed by atoms with Crippen LogP contribution < -0.4 is 9.47 Å². The highest BCUT2D eigenvalue weighted by Gasteiger charge is 2.23. The maximum atomic E-state index is 10.5. The van der Waals surface area contributed by atoms with Crippen LogP contribution in [0.3, 0.4) is 0 Å². The van der Waals surface area contributed by atoms with Crippen molar-refractivity contribution in [1.29, 1.82) is 0 Å². The summed E-state index contributed by atoms with van der Waals surface area (Å²) in [4.78, 5) is 2.30. The largest absolute Gasteiger partial charge is 0.493 e. The maximum absolute atomic E-state index is 10.5. The number of hydrogen-bond donors (Lipinski definition) is 1. The molecule has 33 heavy (non-hydrogen) atoms. The molecule has 1 aromatic heterocycles. The minimum absolute atomic E-state index is 0.350. The topological polar surface area (TPSA) is 59.8 Å². The lowest BCUT2D eigenvalue weighted by Gasteiger charge is -2.27. The summed E-state index contributed by atoms with van der Waals surface area (Å²) < 4.78 is 13.9. The molecule has 0 spiro atoms. The van der Waals surface area contributed by atoms with Gasteiger partial charge in [0.25, 0.3) is 0 Å². The zero-order valence-corrected chi connectivity index (χ0v) is 20.5. The van der Waals surface area contributed by atoms with E-state index in [2.05, 4.69) is 25.7 Å². The van der Waals surface area contributed by atoms with Gasteiger partial charge in [-0.15, -0.1) is 0 Å². The number of methoxy groups -OCH3 is 1. The molecule has 3 aromatic rings. The summed E-state index contributed by atoms with van der Waals surface area (Å²) in [6.07, 6.45) is 1.41. The first-order valence-electron chi connectivity index (χ1n) is 11.8. The molecular weight excluding hydrogens is 414 g/mol. The van der Waals surface area contributed by atoms with E-state index in [1.165, 1.54) is 0 Å². The van der Waals surface area contributed by atoms with Crippen molar-refractivity contribution < 1.29 is 14.6 Å². The van der Waals surface area contributed by atoms with Crippen LogP contribution >= 0.6 is 0 Å². The third-order valence-electron chi connectivity index (χ3n) is 5.51. The number of aryl methyl sites for hydroxylation is 1. The van der Waals surface area contributed by atoms with E-state index in [9.17, 15) is 5.11 Å². The highest BCUT2D eigenvalue weighted by Crippen LogP contribution is 2.36. The number of benzene rings is 2. The number of ether oxygens (including phenoxy) is 2. The number of rotatable bonds is 12. The van der Waals surface area contributed by atoms with Gasteiger partial charge in [0.1, 0.15) is 0 Å². The molecule has 0 aliphatic rings. The van der Waals surface area contributed by atoms with E-state index in [1.807, 2.05) is 66.2 Å². The van der Waals surface area contributed by atoms with Crippen LogP contribution in [0, 0.1) is 12.8 Å². The Hall–Kier alpha value is -2.83. The summed E-state index contributed by atoms with van der Waals surface area (Å²) in [6.45, 7) is 10.7. The summed E-state index contributed by atoms with van der Waals surface area (Å²) >= 11 is 0. The second-order valence-electron chi connectivity index (χ2n) is 8.90. The minimum atomic E-state index is -0.350. The molecule has 1 N–H and O–H groups in total. The molecule has 0 unspecified atom stereocenters. The predicted molar refractivity (Wildman–Crippen MR) is 132 cm³/mol. The molecule has 3 rings (SSSR count). The van der Waals surface area contributed by atoms with Gasteiger partial charge < -0.3 is 14.6 Å². The van der Waals surface area contributed by atoms with Crippen molar-refractivity contribution in [3.63, 3.8) is 0 Å². The molecule has 1 heterocycles. The Morgan fingerprint density at radius 2 is 1.67 bits per heavy atom. The number of nitrogens with zero attached hydrogens (tertiary/aromatic N) is 3. The summed E-state index contributed by atoms with van der Waals surface area (Å²) in [5.74, 6) is 2.45. The summed E-state index contributed by atoms with van der Waals surface area (Å²) in [5.41, 5.74) is 2.84. The molecule has 0 aliphatic heterocycles. The normalized spacial score (nSPS) is 12.4. The standard InChI is InChI=1S/C27H37N3O3/c1-6-12-23(31)18-29(17-20(2)3)19-24-21(4)28-30(22-13-8-7-9-14-22)27(24)33-26-16-11-10-15-25(26)32-5/h7-11,13-16,20,23,31H,6,12,17-19H2,1-5H3/t23-/m0/s1. The van der Waals surface area contributed by atoms with E-state index in [0.717, 1.165) is 36.3 Å². The average molecular weight is 452 g/mol. The Labute approximate surface area is 197 Å². The second kappa shape index (κ2) is 11.9. The van der Waals surface area contributed by atoms with Crippen LogP contribution in [0.25, 0.3) is 5.69 Å². The maximum Gasteiger partial charge on any atom is 0.227 e. The van der Waals surface area contributed by atoms with Crippen LogP contribution in [-0.2, 0) is 6.54 Å². The van der Waals surface area contributed by atoms with Gasteiger partial charge in [0, 0.05) is 19.6 Å². The molecular formula is C27H37N3O3. The molecule has 178 valence electrons. The van der Waals surface area contributed by atoms with Crippen molar-refractivity contribution >= 4 is 0 Å². The van der Waals surface area contributed by atoms with Crippen LogP contribution in [0.4, 0.5) is 0 Å². The third-order valence-corrected chi connectivity index (χ3v) is 5.51. The zero-order valence-electron chi connectivity index (χ0n) is 20.5. The smallest absolute Gasteiger partial charge is 0.227 e. The number of para-hydroxylation sites is 3. The van der Waals surface area contributed by atoms with Gasteiger partial charge in [-0.2, -0.15) is 5.10 Å². The molecule has 2 aromatic carbocycles. The first-order valence-corrected chi connectivity index (χ1v) is 11.8. The van der Waals surface area contributed by atoms with Crippen molar-refractivity contribution in [3.8, 4) is 23.1 Å². The monoisotopic (exact) mass is 451 g/mol. The molecule has 0 aliphatic carbocycles. The lowest BCUT2D eigenvalue weighted by molar-refractivity contribution is 0.0939. The molecule has 6 nitrogen and oxygen atoms in total. The van der Waals surface area contributed by atoms with E-state index >= 15 is 0 Å². The van der Waals surface area contributed by atoms with E-state index < -0.39 is 0 Å². The van der Waals surface area contributed by atoms with Gasteiger partial charge in [-0.25, -0.2) is 4.68 Å². The quantitative estimate of drug-likeness (QED) is 0.388. The minimum Gasteiger partial charge on any atom is -0.493 e. The third kappa shape index (κ3) is 6.59. The van der Waals surface area contributed by atoms with Crippen LogP contribution in [0.2, 0.25) is 0 Å². The average Bonchev–Trinajstić information content (AvgIpc) is 3.09. The van der Waals surface area contributed by atoms with Gasteiger partial charge in [-0.1, -0.05) is 57.5 Å². The highest BCUT2D eigenvalue weighted by atomic mass is 16.5. The molecule has 0 radical (unpaired) electrons. The van der Waals surface area contributed by atoms with Gasteiger partial charge in [0.15, 0.2) is 11.5 Å². The Morgan fingerprint density at radius 1 is 1.00 bits per heavy atom. The van der Waals surface area contributed by atoms with Gasteiger partial charge >= 0.3 is 0 Å². The van der Waals surface area contributed by atoms with E-state index in [0.29, 0.717) is 36.4 Å². The number of hydrogen-bond acceptors (Lipinski definition) is 5. The predicted octanol–water partition coefficient (Wildman–Crippen LogP) is 5.60. The Morgan fingerprint density at radius 3 is 2.30 bits per heavy atom. The molecule has 0 saturated heterocycles. The zero-order chi connectivity index (χ0) is 23.8. The van der Waals surface area contributed by atoms with E-state index in [-0.39, 0.29) is 6.10 Å². The molecule has 6 heteroatoms. The Kier molecular flexibility index (Phi) is 8.92. The first-order chi connectivity index (χ1) is 15.9. The second-order valence-corrected chi connectivity index (χ2v) is 8.90. The van der Waals surface area contributed by atoms with Gasteiger partial charge in [-0.05, 0) is 43.5 Å². The lowest BCUT2D eigenvalue weighted by Crippen LogP contribution is -2.35. The SMILES string of the molecule is CCC[C@H](O)CN(Cc1c(C)nn(-c2ccccc2)c1Oc1ccccc1OC)CC(C)C. The van der Waals surface area contributed by atoms with Gasteiger partial charge in [0.05, 0.1) is 30.2 Å². The van der Waals surface area contributed by atoms with E-state index in [1.54, 1.807) is 7.11 Å². The molecule has 0 amide bonds. The molecule has 1 atom stereocenters. The van der Waals surface area contributed by atoms with Crippen molar-refractivity contribution in [2.45, 2.75) is 53.2 Å². The summed E-state index contributed by atoms with van der Waals surface area (Å²) in [7, 11) is 1.64. The summed E-state index contributed by atoms with van der Waals surface area (Å²) in [6, 6.07) is 17.6.